The zero-order valence-electron chi connectivity index (χ0n) is 23.8. The van der Waals surface area contributed by atoms with Crippen LogP contribution in [-0.4, -0.2) is 63.2 Å². The fourth-order valence-electron chi connectivity index (χ4n) is 4.35. The van der Waals surface area contributed by atoms with Gasteiger partial charge in [-0.25, -0.2) is 4.79 Å². The Kier molecular flexibility index (Phi) is 9.66. The Hall–Kier alpha value is -4.19. The number of benzene rings is 3. The highest BCUT2D eigenvalue weighted by atomic mass is 35.5. The quantitative estimate of drug-likeness (QED) is 0.163. The molecule has 4 rings (SSSR count). The first-order valence-electron chi connectivity index (χ1n) is 13.3. The number of hydrogen-bond acceptors (Lipinski definition) is 9. The molecule has 1 N–H and O–H groups in total. The van der Waals surface area contributed by atoms with Crippen molar-refractivity contribution in [2.75, 3.05) is 26.8 Å². The number of aliphatic hydroxyl groups is 1. The second-order valence-electron chi connectivity index (χ2n) is 10.6. The zero-order chi connectivity index (χ0) is 30.4. The van der Waals surface area contributed by atoms with Crippen molar-refractivity contribution in [1.29, 1.82) is 0 Å². The Labute approximate surface area is 248 Å². The number of methoxy groups -OCH3 is 1. The van der Waals surface area contributed by atoms with Crippen molar-refractivity contribution >= 4 is 34.3 Å². The third kappa shape index (κ3) is 7.75. The molecule has 3 aromatic carbocycles. The molecule has 0 unspecified atom stereocenters. The summed E-state index contributed by atoms with van der Waals surface area (Å²) < 4.78 is 18.0. The van der Waals surface area contributed by atoms with Crippen molar-refractivity contribution in [3.05, 3.63) is 93.0 Å². The van der Waals surface area contributed by atoms with Crippen molar-refractivity contribution in [3.63, 3.8) is 0 Å². The molecule has 42 heavy (non-hydrogen) atoms. The average Bonchev–Trinajstić information content (AvgIpc) is 3.31. The molecule has 0 aliphatic rings. The standard InChI is InChI=1S/C30H33ClN4O7/c1-30(2,3)42-29(37)34-25-17-22(11-12-23(25)28(32-34)40-4)41-15-14-33(18-20-8-6-5-7-9-20)19-27(36)21-10-13-24(31)26(16-21)35(38)39/h5-13,16-17,27,36H,14-15,18-19H2,1-4H3/t27-/m0/s1. The summed E-state index contributed by atoms with van der Waals surface area (Å²) in [6.07, 6.45) is -1.64. The minimum atomic E-state index is -1.00. The number of rotatable bonds is 11. The third-order valence-electron chi connectivity index (χ3n) is 6.29. The molecular formula is C30H33ClN4O7. The van der Waals surface area contributed by atoms with Crippen molar-refractivity contribution in [1.82, 2.24) is 14.7 Å². The topological polar surface area (TPSA) is 129 Å². The van der Waals surface area contributed by atoms with Gasteiger partial charge in [0.1, 0.15) is 23.0 Å². The van der Waals surface area contributed by atoms with Gasteiger partial charge in [0.25, 0.3) is 5.69 Å². The maximum absolute atomic E-state index is 12.8. The first-order chi connectivity index (χ1) is 19.9. The Morgan fingerprint density at radius 3 is 2.55 bits per heavy atom. The van der Waals surface area contributed by atoms with E-state index >= 15 is 0 Å². The van der Waals surface area contributed by atoms with Crippen LogP contribution in [-0.2, 0) is 11.3 Å². The molecule has 1 aromatic heterocycles. The van der Waals surface area contributed by atoms with Gasteiger partial charge in [-0.15, -0.1) is 5.10 Å². The van der Waals surface area contributed by atoms with Crippen LogP contribution in [0.15, 0.2) is 66.7 Å². The van der Waals surface area contributed by atoms with E-state index in [1.807, 2.05) is 35.2 Å². The lowest BCUT2D eigenvalue weighted by Crippen LogP contribution is -2.32. The number of halogens is 1. The molecule has 0 aliphatic heterocycles. The largest absolute Gasteiger partial charge is 0.492 e. The van der Waals surface area contributed by atoms with Gasteiger partial charge in [0, 0.05) is 31.8 Å². The Morgan fingerprint density at radius 1 is 1.14 bits per heavy atom. The second kappa shape index (κ2) is 13.2. The Morgan fingerprint density at radius 2 is 1.88 bits per heavy atom. The highest BCUT2D eigenvalue weighted by Crippen LogP contribution is 2.30. The highest BCUT2D eigenvalue weighted by Gasteiger charge is 2.23. The van der Waals surface area contributed by atoms with Gasteiger partial charge in [-0.1, -0.05) is 48.0 Å². The average molecular weight is 597 g/mol. The number of carbonyl (C=O) groups excluding carboxylic acids is 1. The minimum absolute atomic E-state index is 0.00749. The van der Waals surface area contributed by atoms with E-state index in [1.165, 1.54) is 19.2 Å². The predicted octanol–water partition coefficient (Wildman–Crippen LogP) is 6.00. The summed E-state index contributed by atoms with van der Waals surface area (Å²) in [7, 11) is 1.48. The number of ether oxygens (including phenoxy) is 3. The molecule has 0 saturated carbocycles. The number of aliphatic hydroxyl groups excluding tert-OH is 1. The van der Waals surface area contributed by atoms with E-state index in [2.05, 4.69) is 5.10 Å². The smallest absolute Gasteiger partial charge is 0.435 e. The van der Waals surface area contributed by atoms with E-state index < -0.39 is 22.7 Å². The third-order valence-corrected chi connectivity index (χ3v) is 6.61. The lowest BCUT2D eigenvalue weighted by molar-refractivity contribution is -0.384. The van der Waals surface area contributed by atoms with E-state index in [9.17, 15) is 20.0 Å². The van der Waals surface area contributed by atoms with Crippen LogP contribution in [0.3, 0.4) is 0 Å². The van der Waals surface area contributed by atoms with Crippen LogP contribution in [0.4, 0.5) is 10.5 Å². The van der Waals surface area contributed by atoms with E-state index in [0.29, 0.717) is 35.3 Å². The Balaban J connectivity index is 1.50. The normalized spacial score (nSPS) is 12.4. The van der Waals surface area contributed by atoms with Gasteiger partial charge in [-0.2, -0.15) is 4.68 Å². The molecule has 12 heteroatoms. The van der Waals surface area contributed by atoms with Gasteiger partial charge in [-0.05, 0) is 50.1 Å². The van der Waals surface area contributed by atoms with Crippen molar-refractivity contribution in [3.8, 4) is 11.6 Å². The molecule has 0 fully saturated rings. The van der Waals surface area contributed by atoms with E-state index in [4.69, 9.17) is 25.8 Å². The van der Waals surface area contributed by atoms with Crippen LogP contribution < -0.4 is 9.47 Å². The number of hydrogen-bond donors (Lipinski definition) is 1. The summed E-state index contributed by atoms with van der Waals surface area (Å²) in [5, 5.41) is 27.2. The number of carbonyl (C=O) groups is 1. The molecule has 0 amide bonds. The number of fused-ring (bicyclic) bond motifs is 1. The minimum Gasteiger partial charge on any atom is -0.492 e. The van der Waals surface area contributed by atoms with Crippen LogP contribution in [0, 0.1) is 10.1 Å². The zero-order valence-corrected chi connectivity index (χ0v) is 24.6. The summed E-state index contributed by atoms with van der Waals surface area (Å²) in [5.41, 5.74) is 0.921. The van der Waals surface area contributed by atoms with Crippen molar-refractivity contribution in [2.45, 2.75) is 39.0 Å². The number of nitro groups is 1. The fraction of sp³-hybridized carbons (Fsp3) is 0.333. The molecule has 4 aromatic rings. The van der Waals surface area contributed by atoms with Crippen molar-refractivity contribution < 1.29 is 29.0 Å². The van der Waals surface area contributed by atoms with Crippen LogP contribution in [0.1, 0.15) is 38.0 Å². The molecular weight excluding hydrogens is 564 g/mol. The molecule has 0 bridgehead atoms. The van der Waals surface area contributed by atoms with Crippen LogP contribution >= 0.6 is 11.6 Å². The lowest BCUT2D eigenvalue weighted by atomic mass is 10.1. The summed E-state index contributed by atoms with van der Waals surface area (Å²) >= 11 is 5.95. The first-order valence-corrected chi connectivity index (χ1v) is 13.6. The van der Waals surface area contributed by atoms with E-state index in [-0.39, 0.29) is 29.7 Å². The lowest BCUT2D eigenvalue weighted by Gasteiger charge is -2.25. The fourth-order valence-corrected chi connectivity index (χ4v) is 4.53. The van der Waals surface area contributed by atoms with Gasteiger partial charge in [0.15, 0.2) is 0 Å². The van der Waals surface area contributed by atoms with Crippen LogP contribution in [0.5, 0.6) is 11.6 Å². The predicted molar refractivity (Wildman–Crippen MR) is 158 cm³/mol. The molecule has 0 saturated heterocycles. The molecule has 0 spiro atoms. The maximum atomic E-state index is 12.8. The molecule has 222 valence electrons. The number of nitro benzene ring substituents is 1. The first kappa shape index (κ1) is 30.8. The van der Waals surface area contributed by atoms with Gasteiger partial charge in [0.2, 0.25) is 5.88 Å². The maximum Gasteiger partial charge on any atom is 0.435 e. The number of nitrogens with zero attached hydrogens (tertiary/aromatic N) is 4. The SMILES string of the molecule is COc1nn(C(=O)OC(C)(C)C)c2cc(OCCN(Cc3ccccc3)C[C@H](O)c3ccc(Cl)c([N+](=O)[O-])c3)ccc12. The van der Waals surface area contributed by atoms with Crippen LogP contribution in [0.25, 0.3) is 10.9 Å². The molecule has 11 nitrogen and oxygen atoms in total. The summed E-state index contributed by atoms with van der Waals surface area (Å²) in [6, 6.07) is 19.2. The summed E-state index contributed by atoms with van der Waals surface area (Å²) in [6.45, 7) is 6.70. The van der Waals surface area contributed by atoms with Crippen LogP contribution in [0.2, 0.25) is 5.02 Å². The van der Waals surface area contributed by atoms with Gasteiger partial charge in [-0.3, -0.25) is 15.0 Å². The summed E-state index contributed by atoms with van der Waals surface area (Å²) in [5.74, 6) is 0.788. The molecule has 1 atom stereocenters. The van der Waals surface area contributed by atoms with Gasteiger partial charge < -0.3 is 19.3 Å². The molecule has 0 radical (unpaired) electrons. The molecule has 1 heterocycles. The summed E-state index contributed by atoms with van der Waals surface area (Å²) in [4.78, 5) is 25.5. The highest BCUT2D eigenvalue weighted by molar-refractivity contribution is 6.32. The van der Waals surface area contributed by atoms with E-state index in [0.717, 1.165) is 10.2 Å². The number of aromatic nitrogens is 2. The second-order valence-corrected chi connectivity index (χ2v) is 11.0. The Bertz CT molecular complexity index is 1550. The van der Waals surface area contributed by atoms with Crippen molar-refractivity contribution in [2.24, 2.45) is 0 Å². The van der Waals surface area contributed by atoms with Gasteiger partial charge >= 0.3 is 6.09 Å². The van der Waals surface area contributed by atoms with E-state index in [1.54, 1.807) is 45.0 Å². The monoisotopic (exact) mass is 596 g/mol. The van der Waals surface area contributed by atoms with Gasteiger partial charge in [0.05, 0.1) is 29.0 Å². The molecule has 0 aliphatic carbocycles.